The summed E-state index contributed by atoms with van der Waals surface area (Å²) in [4.78, 5) is 12.3. The number of hydrogen-bond acceptors (Lipinski definition) is 4. The number of rotatable bonds is 0. The van der Waals surface area contributed by atoms with Crippen molar-refractivity contribution in [2.24, 2.45) is 0 Å². The lowest BCUT2D eigenvalue weighted by Gasteiger charge is -1.79. The van der Waals surface area contributed by atoms with E-state index in [-0.39, 0.29) is 6.30 Å². The van der Waals surface area contributed by atoms with Gasteiger partial charge in [-0.05, 0) is 0 Å². The third kappa shape index (κ3) is 0.675. The molecule has 2 aromatic rings. The predicted octanol–water partition coefficient (Wildman–Crippen LogP) is 1.09. The molecular weight excluding hydrogens is 134 g/mol. The standard InChI is InChI=1S/C5H3N3S/c1-4-5(7-2-6-1)9-3-8-4/h1-3H/i2D. The molecule has 0 bridgehead atoms. The van der Waals surface area contributed by atoms with Crippen molar-refractivity contribution in [2.45, 2.75) is 0 Å². The van der Waals surface area contributed by atoms with E-state index in [4.69, 9.17) is 1.37 Å². The smallest absolute Gasteiger partial charge is 0.146 e. The van der Waals surface area contributed by atoms with Crippen molar-refractivity contribution in [1.29, 1.82) is 0 Å². The van der Waals surface area contributed by atoms with Crippen molar-refractivity contribution in [2.75, 3.05) is 0 Å². The summed E-state index contributed by atoms with van der Waals surface area (Å²) in [6, 6.07) is 0. The molecule has 0 fully saturated rings. The van der Waals surface area contributed by atoms with Crippen LogP contribution in [0.2, 0.25) is 0 Å². The molecule has 0 atom stereocenters. The van der Waals surface area contributed by atoms with E-state index in [0.717, 1.165) is 10.3 Å². The lowest BCUT2D eigenvalue weighted by atomic mass is 10.6. The summed E-state index contributed by atoms with van der Waals surface area (Å²) in [5, 5.41) is 0. The summed E-state index contributed by atoms with van der Waals surface area (Å²) in [6.45, 7) is 0. The molecule has 0 aliphatic rings. The van der Waals surface area contributed by atoms with Crippen molar-refractivity contribution in [3.05, 3.63) is 18.0 Å². The fraction of sp³-hybridized carbons (Fsp3) is 0. The Kier molecular flexibility index (Phi) is 0.750. The Bertz CT molecular complexity index is 358. The third-order valence-electron chi connectivity index (χ3n) is 0.971. The molecule has 2 aromatic heterocycles. The van der Waals surface area contributed by atoms with Crippen LogP contribution in [0.15, 0.2) is 18.0 Å². The Labute approximate surface area is 56.8 Å². The Hall–Kier alpha value is -1.03. The molecular formula is C5H3N3S. The fourth-order valence-corrected chi connectivity index (χ4v) is 1.17. The normalized spacial score (nSPS) is 11.8. The summed E-state index contributed by atoms with van der Waals surface area (Å²) >= 11 is 1.42. The molecule has 0 amide bonds. The molecule has 0 aromatic carbocycles. The largest absolute Gasteiger partial charge is 0.242 e. The highest BCUT2D eigenvalue weighted by molar-refractivity contribution is 7.16. The second-order valence-electron chi connectivity index (χ2n) is 1.51. The van der Waals surface area contributed by atoms with Crippen molar-refractivity contribution in [3.63, 3.8) is 0 Å². The molecule has 9 heavy (non-hydrogen) atoms. The zero-order valence-corrected chi connectivity index (χ0v) is 5.22. The van der Waals surface area contributed by atoms with Gasteiger partial charge in [-0.1, -0.05) is 0 Å². The van der Waals surface area contributed by atoms with Gasteiger partial charge in [0, 0.05) is 0 Å². The molecule has 0 aliphatic heterocycles. The quantitative estimate of drug-likeness (QED) is 0.547. The molecule has 4 heteroatoms. The predicted molar refractivity (Wildman–Crippen MR) is 35.2 cm³/mol. The van der Waals surface area contributed by atoms with Crippen LogP contribution in [0.4, 0.5) is 0 Å². The summed E-state index contributed by atoms with van der Waals surface area (Å²) in [7, 11) is 0. The molecule has 2 rings (SSSR count). The first-order valence-electron chi connectivity index (χ1n) is 2.89. The number of fused-ring (bicyclic) bond motifs is 1. The highest BCUT2D eigenvalue weighted by Crippen LogP contribution is 2.10. The van der Waals surface area contributed by atoms with Gasteiger partial charge in [-0.15, -0.1) is 11.3 Å². The van der Waals surface area contributed by atoms with Gasteiger partial charge in [0.15, 0.2) is 0 Å². The molecule has 0 unspecified atom stereocenters. The van der Waals surface area contributed by atoms with Crippen LogP contribution in [0.5, 0.6) is 0 Å². The molecule has 0 saturated heterocycles. The van der Waals surface area contributed by atoms with Crippen LogP contribution in [0.3, 0.4) is 0 Å². The highest BCUT2D eigenvalue weighted by atomic mass is 32.1. The van der Waals surface area contributed by atoms with Crippen LogP contribution in [-0.2, 0) is 0 Å². The molecule has 0 N–H and O–H groups in total. The van der Waals surface area contributed by atoms with Gasteiger partial charge in [0.05, 0.1) is 11.7 Å². The maximum atomic E-state index is 7.07. The molecule has 0 radical (unpaired) electrons. The summed E-state index contributed by atoms with van der Waals surface area (Å²) in [6.07, 6.45) is 1.61. The van der Waals surface area contributed by atoms with Crippen LogP contribution >= 0.6 is 11.3 Å². The van der Waals surface area contributed by atoms with Crippen molar-refractivity contribution < 1.29 is 1.37 Å². The van der Waals surface area contributed by atoms with Crippen LogP contribution in [-0.4, -0.2) is 15.0 Å². The lowest BCUT2D eigenvalue weighted by Crippen LogP contribution is -1.73. The first-order valence-corrected chi connectivity index (χ1v) is 3.27. The molecule has 0 spiro atoms. The van der Waals surface area contributed by atoms with Crippen molar-refractivity contribution >= 4 is 21.7 Å². The van der Waals surface area contributed by atoms with Gasteiger partial charge >= 0.3 is 0 Å². The van der Waals surface area contributed by atoms with E-state index in [2.05, 4.69) is 15.0 Å². The van der Waals surface area contributed by atoms with Crippen LogP contribution in [0.25, 0.3) is 10.3 Å². The zero-order valence-electron chi connectivity index (χ0n) is 5.40. The Balaban J connectivity index is 2.86. The maximum absolute atomic E-state index is 7.07. The van der Waals surface area contributed by atoms with Gasteiger partial charge in [0.25, 0.3) is 0 Å². The number of hydrogen-bond donors (Lipinski definition) is 0. The van der Waals surface area contributed by atoms with Crippen LogP contribution in [0, 0.1) is 0 Å². The van der Waals surface area contributed by atoms with Gasteiger partial charge in [-0.3, -0.25) is 0 Å². The van der Waals surface area contributed by atoms with Crippen LogP contribution in [0.1, 0.15) is 1.37 Å². The molecule has 2 heterocycles. The van der Waals surface area contributed by atoms with E-state index in [1.54, 1.807) is 11.7 Å². The minimum Gasteiger partial charge on any atom is -0.242 e. The lowest BCUT2D eigenvalue weighted by molar-refractivity contribution is 1.22. The molecule has 3 nitrogen and oxygen atoms in total. The highest BCUT2D eigenvalue weighted by Gasteiger charge is 1.92. The minimum atomic E-state index is 0.0525. The van der Waals surface area contributed by atoms with Crippen molar-refractivity contribution in [1.82, 2.24) is 15.0 Å². The number of aromatic nitrogens is 3. The van der Waals surface area contributed by atoms with E-state index in [0.29, 0.717) is 0 Å². The van der Waals surface area contributed by atoms with E-state index >= 15 is 0 Å². The Morgan fingerprint density at radius 3 is 3.56 bits per heavy atom. The summed E-state index contributed by atoms with van der Waals surface area (Å²) in [5.74, 6) is 0. The molecule has 0 saturated carbocycles. The molecule has 0 aliphatic carbocycles. The molecule has 44 valence electrons. The monoisotopic (exact) mass is 138 g/mol. The van der Waals surface area contributed by atoms with E-state index in [1.807, 2.05) is 0 Å². The first-order chi connectivity index (χ1) is 4.86. The topological polar surface area (TPSA) is 38.7 Å². The summed E-state index contributed by atoms with van der Waals surface area (Å²) < 4.78 is 7.07. The van der Waals surface area contributed by atoms with Gasteiger partial charge in [-0.2, -0.15) is 0 Å². The number of thiazole rings is 1. The van der Waals surface area contributed by atoms with Crippen molar-refractivity contribution in [3.8, 4) is 0 Å². The number of nitrogens with zero attached hydrogens (tertiary/aromatic N) is 3. The Morgan fingerprint density at radius 1 is 1.56 bits per heavy atom. The zero-order chi connectivity index (χ0) is 6.97. The van der Waals surface area contributed by atoms with E-state index in [9.17, 15) is 0 Å². The Morgan fingerprint density at radius 2 is 2.56 bits per heavy atom. The summed E-state index contributed by atoms with van der Waals surface area (Å²) in [5.41, 5.74) is 2.46. The van der Waals surface area contributed by atoms with Gasteiger partial charge in [0.1, 0.15) is 18.0 Å². The average molecular weight is 138 g/mol. The second kappa shape index (κ2) is 1.73. The second-order valence-corrected chi connectivity index (χ2v) is 2.35. The fourth-order valence-electron chi connectivity index (χ4n) is 0.585. The van der Waals surface area contributed by atoms with Crippen LogP contribution < -0.4 is 0 Å². The minimum absolute atomic E-state index is 0.0525. The third-order valence-corrected chi connectivity index (χ3v) is 1.71. The van der Waals surface area contributed by atoms with Gasteiger partial charge < -0.3 is 0 Å². The van der Waals surface area contributed by atoms with E-state index < -0.39 is 0 Å². The first kappa shape index (κ1) is 3.90. The van der Waals surface area contributed by atoms with Gasteiger partial charge in [-0.25, -0.2) is 15.0 Å². The SMILES string of the molecule is [2H]c1ncc2ncsc2n1. The van der Waals surface area contributed by atoms with E-state index in [1.165, 1.54) is 11.3 Å². The van der Waals surface area contributed by atoms with Gasteiger partial charge in [0.2, 0.25) is 0 Å². The average Bonchev–Trinajstić information content (AvgIpc) is 2.33. The maximum Gasteiger partial charge on any atom is 0.146 e.